The summed E-state index contributed by atoms with van der Waals surface area (Å²) in [6.07, 6.45) is 0. The molecule has 10 heavy (non-hydrogen) atoms. The average molecular weight is 150 g/mol. The van der Waals surface area contributed by atoms with Crippen molar-refractivity contribution in [3.8, 4) is 10.4 Å². The molecule has 0 atom stereocenters. The molecule has 2 aromatic rings. The molecule has 0 bridgehead atoms. The lowest BCUT2D eigenvalue weighted by molar-refractivity contribution is 1.65. The third-order valence-electron chi connectivity index (χ3n) is 1.65. The SMILES string of the molecule is Cc1c(-c2cccs2)c1=O. The van der Waals surface area contributed by atoms with Gasteiger partial charge in [0.05, 0.1) is 0 Å². The second-order valence-corrected chi connectivity index (χ2v) is 3.25. The maximum Gasteiger partial charge on any atom is 0.191 e. The molecule has 0 aliphatic carbocycles. The van der Waals surface area contributed by atoms with Gasteiger partial charge >= 0.3 is 0 Å². The van der Waals surface area contributed by atoms with E-state index in [1.807, 2.05) is 24.4 Å². The van der Waals surface area contributed by atoms with Crippen LogP contribution in [0.1, 0.15) is 5.56 Å². The Hall–Kier alpha value is -0.890. The van der Waals surface area contributed by atoms with Crippen LogP contribution in [0.3, 0.4) is 0 Å². The predicted molar refractivity (Wildman–Crippen MR) is 43.1 cm³/mol. The molecule has 1 aromatic heterocycles. The molecule has 0 aliphatic rings. The molecule has 2 rings (SSSR count). The fourth-order valence-electron chi connectivity index (χ4n) is 0.976. The lowest BCUT2D eigenvalue weighted by Gasteiger charge is -1.76. The van der Waals surface area contributed by atoms with E-state index in [1.54, 1.807) is 11.3 Å². The standard InChI is InChI=1S/C8H6OS/c1-5-7(8(5)9)6-3-2-4-10-6/h2-4H,1H3. The molecule has 1 heterocycles. The molecular formula is C8H6OS. The Kier molecular flexibility index (Phi) is 1.05. The zero-order chi connectivity index (χ0) is 7.14. The van der Waals surface area contributed by atoms with Crippen LogP contribution in [-0.4, -0.2) is 0 Å². The summed E-state index contributed by atoms with van der Waals surface area (Å²) in [5.74, 6) is 0. The molecule has 0 saturated carbocycles. The van der Waals surface area contributed by atoms with Crippen LogP contribution in [0, 0.1) is 6.92 Å². The summed E-state index contributed by atoms with van der Waals surface area (Å²) in [5.41, 5.74) is 2.11. The molecule has 0 aliphatic heterocycles. The quantitative estimate of drug-likeness (QED) is 0.607. The number of hydrogen-bond acceptors (Lipinski definition) is 2. The molecule has 0 spiro atoms. The second-order valence-electron chi connectivity index (χ2n) is 2.31. The zero-order valence-electron chi connectivity index (χ0n) is 5.55. The van der Waals surface area contributed by atoms with E-state index < -0.39 is 0 Å². The average Bonchev–Trinajstić information content (AvgIpc) is 2.37. The van der Waals surface area contributed by atoms with E-state index in [9.17, 15) is 4.79 Å². The first-order valence-electron chi connectivity index (χ1n) is 3.10. The van der Waals surface area contributed by atoms with Crippen molar-refractivity contribution in [3.63, 3.8) is 0 Å². The van der Waals surface area contributed by atoms with E-state index in [0.29, 0.717) is 0 Å². The molecular weight excluding hydrogens is 144 g/mol. The maximum atomic E-state index is 10.8. The smallest absolute Gasteiger partial charge is 0.191 e. The van der Waals surface area contributed by atoms with Gasteiger partial charge in [-0.15, -0.1) is 11.3 Å². The van der Waals surface area contributed by atoms with Crippen LogP contribution >= 0.6 is 11.3 Å². The number of thiophene rings is 1. The van der Waals surface area contributed by atoms with Gasteiger partial charge in [-0.1, -0.05) is 6.07 Å². The minimum atomic E-state index is 0.238. The first-order valence-corrected chi connectivity index (χ1v) is 3.98. The fraction of sp³-hybridized carbons (Fsp3) is 0.125. The first kappa shape index (κ1) is 5.86. The Morgan fingerprint density at radius 2 is 2.20 bits per heavy atom. The van der Waals surface area contributed by atoms with E-state index in [0.717, 1.165) is 16.0 Å². The molecule has 1 nitrogen and oxygen atoms in total. The van der Waals surface area contributed by atoms with Gasteiger partial charge in [-0.05, 0) is 18.4 Å². The molecule has 50 valence electrons. The Morgan fingerprint density at radius 1 is 1.50 bits per heavy atom. The Bertz CT molecular complexity index is 350. The molecule has 0 amide bonds. The van der Waals surface area contributed by atoms with E-state index in [1.165, 1.54) is 0 Å². The van der Waals surface area contributed by atoms with E-state index in [2.05, 4.69) is 0 Å². The summed E-state index contributed by atoms with van der Waals surface area (Å²) in [4.78, 5) is 12.0. The summed E-state index contributed by atoms with van der Waals surface area (Å²) in [5, 5.41) is 1.99. The van der Waals surface area contributed by atoms with Gasteiger partial charge in [-0.3, -0.25) is 4.79 Å². The molecule has 0 N–H and O–H groups in total. The van der Waals surface area contributed by atoms with Crippen LogP contribution in [0.25, 0.3) is 10.4 Å². The monoisotopic (exact) mass is 150 g/mol. The largest absolute Gasteiger partial charge is 0.289 e. The highest BCUT2D eigenvalue weighted by Gasteiger charge is 2.19. The molecule has 1 aromatic carbocycles. The normalized spacial score (nSPS) is 10.9. The van der Waals surface area contributed by atoms with Crippen molar-refractivity contribution in [2.24, 2.45) is 0 Å². The summed E-state index contributed by atoms with van der Waals surface area (Å²) in [6.45, 7) is 1.87. The van der Waals surface area contributed by atoms with E-state index in [4.69, 9.17) is 0 Å². The molecule has 2 heteroatoms. The summed E-state index contributed by atoms with van der Waals surface area (Å²) in [7, 11) is 0. The highest BCUT2D eigenvalue weighted by atomic mass is 32.1. The molecule has 0 saturated heterocycles. The van der Waals surface area contributed by atoms with E-state index in [-0.39, 0.29) is 5.43 Å². The van der Waals surface area contributed by atoms with Gasteiger partial charge in [0.2, 0.25) is 0 Å². The number of rotatable bonds is 1. The Morgan fingerprint density at radius 3 is 2.60 bits per heavy atom. The summed E-state index contributed by atoms with van der Waals surface area (Å²) in [6, 6.07) is 3.94. The third kappa shape index (κ3) is 0.656. The lowest BCUT2D eigenvalue weighted by Crippen LogP contribution is -1.72. The Labute approximate surface area is 62.6 Å². The van der Waals surface area contributed by atoms with Crippen LogP contribution in [0.5, 0.6) is 0 Å². The highest BCUT2D eigenvalue weighted by Crippen LogP contribution is 2.28. The van der Waals surface area contributed by atoms with Gasteiger partial charge in [0.15, 0.2) is 5.43 Å². The minimum absolute atomic E-state index is 0.238. The van der Waals surface area contributed by atoms with Crippen molar-refractivity contribution >= 4 is 11.3 Å². The van der Waals surface area contributed by atoms with Crippen molar-refractivity contribution in [1.29, 1.82) is 0 Å². The lowest BCUT2D eigenvalue weighted by atomic mass is 10.4. The second kappa shape index (κ2) is 1.80. The van der Waals surface area contributed by atoms with Crippen molar-refractivity contribution in [1.82, 2.24) is 0 Å². The van der Waals surface area contributed by atoms with Gasteiger partial charge in [0.1, 0.15) is 0 Å². The Balaban J connectivity index is 2.50. The van der Waals surface area contributed by atoms with E-state index >= 15 is 0 Å². The highest BCUT2D eigenvalue weighted by molar-refractivity contribution is 7.13. The van der Waals surface area contributed by atoms with Crippen molar-refractivity contribution in [3.05, 3.63) is 33.3 Å². The first-order chi connectivity index (χ1) is 4.80. The van der Waals surface area contributed by atoms with Gasteiger partial charge in [-0.2, -0.15) is 0 Å². The molecule has 0 fully saturated rings. The van der Waals surface area contributed by atoms with Crippen LogP contribution < -0.4 is 5.43 Å². The van der Waals surface area contributed by atoms with Crippen LogP contribution in [0.15, 0.2) is 22.3 Å². The van der Waals surface area contributed by atoms with Crippen LogP contribution in [-0.2, 0) is 0 Å². The predicted octanol–water partition coefficient (Wildman–Crippen LogP) is 1.96. The molecule has 0 radical (unpaired) electrons. The van der Waals surface area contributed by atoms with Crippen molar-refractivity contribution < 1.29 is 0 Å². The minimum Gasteiger partial charge on any atom is -0.289 e. The van der Waals surface area contributed by atoms with Gasteiger partial charge < -0.3 is 0 Å². The number of hydrogen-bond donors (Lipinski definition) is 0. The van der Waals surface area contributed by atoms with Crippen molar-refractivity contribution in [2.45, 2.75) is 6.92 Å². The fourth-order valence-corrected chi connectivity index (χ4v) is 1.80. The van der Waals surface area contributed by atoms with Gasteiger partial charge in [0.25, 0.3) is 0 Å². The van der Waals surface area contributed by atoms with Crippen LogP contribution in [0.2, 0.25) is 0 Å². The summed E-state index contributed by atoms with van der Waals surface area (Å²) >= 11 is 1.62. The zero-order valence-corrected chi connectivity index (χ0v) is 6.37. The third-order valence-corrected chi connectivity index (χ3v) is 2.54. The summed E-state index contributed by atoms with van der Waals surface area (Å²) < 4.78 is 0. The van der Waals surface area contributed by atoms with Crippen molar-refractivity contribution in [2.75, 3.05) is 0 Å². The maximum absolute atomic E-state index is 10.8. The van der Waals surface area contributed by atoms with Gasteiger partial charge in [-0.25, -0.2) is 0 Å². The van der Waals surface area contributed by atoms with Crippen LogP contribution in [0.4, 0.5) is 0 Å². The topological polar surface area (TPSA) is 17.1 Å². The molecule has 0 unspecified atom stereocenters. The van der Waals surface area contributed by atoms with Gasteiger partial charge in [0, 0.05) is 16.0 Å².